The molecule has 0 aliphatic carbocycles. The van der Waals surface area contributed by atoms with Gasteiger partial charge in [0.25, 0.3) is 0 Å². The lowest BCUT2D eigenvalue weighted by molar-refractivity contribution is 0.0927. The van der Waals surface area contributed by atoms with Gasteiger partial charge in [-0.15, -0.1) is 0 Å². The molecule has 1 amide bonds. The van der Waals surface area contributed by atoms with Gasteiger partial charge in [0, 0.05) is 11.6 Å². The predicted molar refractivity (Wildman–Crippen MR) is 132 cm³/mol. The summed E-state index contributed by atoms with van der Waals surface area (Å²) in [5.41, 5.74) is 4.24. The molecule has 2 aromatic carbocycles. The van der Waals surface area contributed by atoms with Gasteiger partial charge in [0.2, 0.25) is 10.0 Å². The molecule has 0 saturated heterocycles. The minimum Gasteiger partial charge on any atom is -0.459 e. The van der Waals surface area contributed by atoms with E-state index in [0.29, 0.717) is 16.5 Å². The Labute approximate surface area is 207 Å². The molecule has 4 aromatic rings. The van der Waals surface area contributed by atoms with Crippen molar-refractivity contribution >= 4 is 33.7 Å². The van der Waals surface area contributed by atoms with E-state index < -0.39 is 15.9 Å². The maximum atomic E-state index is 13.4. The number of furan rings is 2. The van der Waals surface area contributed by atoms with Gasteiger partial charge in [-0.25, -0.2) is 13.8 Å². The van der Waals surface area contributed by atoms with Crippen LogP contribution in [0.5, 0.6) is 0 Å². The molecule has 180 valence electrons. The summed E-state index contributed by atoms with van der Waals surface area (Å²) in [6, 6.07) is 20.1. The summed E-state index contributed by atoms with van der Waals surface area (Å²) in [5, 5.41) is 4.30. The molecular formula is C25H22ClN3O5S. The molecule has 0 spiro atoms. The number of hydrogen-bond donors (Lipinski definition) is 1. The van der Waals surface area contributed by atoms with Gasteiger partial charge in [0.05, 0.1) is 23.9 Å². The van der Waals surface area contributed by atoms with Gasteiger partial charge in [0.15, 0.2) is 5.76 Å². The van der Waals surface area contributed by atoms with Crippen LogP contribution in [0.2, 0.25) is 5.02 Å². The first kappa shape index (κ1) is 24.5. The molecule has 2 heterocycles. The second-order valence-corrected chi connectivity index (χ2v) is 10.1. The van der Waals surface area contributed by atoms with Gasteiger partial charge in [-0.1, -0.05) is 41.4 Å². The number of rotatable bonds is 9. The smallest absolute Gasteiger partial charge is 0.307 e. The number of halogens is 1. The second-order valence-electron chi connectivity index (χ2n) is 7.69. The third kappa shape index (κ3) is 6.27. The molecule has 0 aliphatic heterocycles. The third-order valence-corrected chi connectivity index (χ3v) is 7.11. The summed E-state index contributed by atoms with van der Waals surface area (Å²) < 4.78 is 39.0. The number of nitrogens with one attached hydrogen (secondary N) is 1. The fourth-order valence-corrected chi connectivity index (χ4v) is 4.74. The number of benzene rings is 2. The Balaban J connectivity index is 1.52. The van der Waals surface area contributed by atoms with E-state index in [4.69, 9.17) is 20.4 Å². The zero-order chi connectivity index (χ0) is 24.8. The maximum absolute atomic E-state index is 13.4. The Morgan fingerprint density at radius 2 is 1.77 bits per heavy atom. The molecular weight excluding hydrogens is 490 g/mol. The van der Waals surface area contributed by atoms with Crippen LogP contribution in [0.15, 0.2) is 97.9 Å². The summed E-state index contributed by atoms with van der Waals surface area (Å²) in [6.07, 6.45) is 2.71. The Kier molecular flexibility index (Phi) is 7.50. The van der Waals surface area contributed by atoms with Crippen molar-refractivity contribution in [1.29, 1.82) is 0 Å². The molecule has 2 aromatic heterocycles. The average Bonchev–Trinajstić information content (AvgIpc) is 3.53. The summed E-state index contributed by atoms with van der Waals surface area (Å²) in [5.74, 6) is 0.380. The summed E-state index contributed by atoms with van der Waals surface area (Å²) >= 11 is 5.94. The van der Waals surface area contributed by atoms with Crippen LogP contribution in [-0.2, 0) is 23.1 Å². The van der Waals surface area contributed by atoms with E-state index in [1.807, 2.05) is 31.2 Å². The number of amides is 1. The van der Waals surface area contributed by atoms with Gasteiger partial charge in [-0.3, -0.25) is 4.79 Å². The third-order valence-electron chi connectivity index (χ3n) is 5.05. The molecule has 0 atom stereocenters. The topological polar surface area (TPSA) is 105 Å². The quantitative estimate of drug-likeness (QED) is 0.252. The van der Waals surface area contributed by atoms with Gasteiger partial charge in [-0.2, -0.15) is 9.41 Å². The molecule has 0 aliphatic rings. The van der Waals surface area contributed by atoms with Crippen molar-refractivity contribution in [1.82, 2.24) is 9.73 Å². The number of carbonyl (C=O) groups excluding carboxylic acids is 1. The van der Waals surface area contributed by atoms with Gasteiger partial charge in [0.1, 0.15) is 11.5 Å². The van der Waals surface area contributed by atoms with Crippen molar-refractivity contribution in [3.63, 3.8) is 0 Å². The molecule has 0 unspecified atom stereocenters. The molecule has 35 heavy (non-hydrogen) atoms. The highest BCUT2D eigenvalue weighted by molar-refractivity contribution is 7.89. The highest BCUT2D eigenvalue weighted by atomic mass is 35.5. The Hall–Kier alpha value is -3.66. The fraction of sp³-hybridized carbons (Fsp3) is 0.120. The first-order valence-corrected chi connectivity index (χ1v) is 12.4. The highest BCUT2D eigenvalue weighted by Gasteiger charge is 2.26. The SMILES string of the molecule is Cc1ccc(CN(Cc2ccc(/C=N\NC(=O)c3ccco3)o2)S(=O)(=O)c2ccc(Cl)cc2)cc1. The van der Waals surface area contributed by atoms with Crippen LogP contribution in [0, 0.1) is 6.92 Å². The molecule has 10 heteroatoms. The Morgan fingerprint density at radius 3 is 2.46 bits per heavy atom. The largest absolute Gasteiger partial charge is 0.459 e. The van der Waals surface area contributed by atoms with E-state index in [1.165, 1.54) is 47.1 Å². The van der Waals surface area contributed by atoms with Crippen LogP contribution in [0.3, 0.4) is 0 Å². The fourth-order valence-electron chi connectivity index (χ4n) is 3.22. The lowest BCUT2D eigenvalue weighted by Gasteiger charge is -2.21. The second kappa shape index (κ2) is 10.7. The number of sulfonamides is 1. The number of hydrogen-bond acceptors (Lipinski definition) is 6. The van der Waals surface area contributed by atoms with Crippen molar-refractivity contribution in [3.8, 4) is 0 Å². The number of nitrogens with zero attached hydrogens (tertiary/aromatic N) is 2. The first-order valence-electron chi connectivity index (χ1n) is 10.6. The predicted octanol–water partition coefficient (Wildman–Crippen LogP) is 4.99. The van der Waals surface area contributed by atoms with Crippen molar-refractivity contribution < 1.29 is 22.0 Å². The molecule has 4 rings (SSSR count). The van der Waals surface area contributed by atoms with Crippen LogP contribution >= 0.6 is 11.6 Å². The Morgan fingerprint density at radius 1 is 1.03 bits per heavy atom. The summed E-state index contributed by atoms with van der Waals surface area (Å²) in [6.45, 7) is 2.11. The highest BCUT2D eigenvalue weighted by Crippen LogP contribution is 2.23. The molecule has 0 bridgehead atoms. The zero-order valence-corrected chi connectivity index (χ0v) is 20.3. The van der Waals surface area contributed by atoms with Crippen LogP contribution in [0.1, 0.15) is 33.2 Å². The lowest BCUT2D eigenvalue weighted by Crippen LogP contribution is -2.30. The number of hydrazone groups is 1. The minimum absolute atomic E-state index is 0.00850. The standard InChI is InChI=1S/C25H22ClN3O5S/c1-18-4-6-19(7-5-18)16-29(35(31,32)23-12-8-20(26)9-13-23)17-22-11-10-21(34-22)15-27-28-25(30)24-3-2-14-33-24/h2-15H,16-17H2,1H3,(H,28,30)/b27-15-. The number of carbonyl (C=O) groups is 1. The van der Waals surface area contributed by atoms with E-state index in [1.54, 1.807) is 18.2 Å². The molecule has 1 N–H and O–H groups in total. The molecule has 0 saturated carbocycles. The molecule has 0 fully saturated rings. The van der Waals surface area contributed by atoms with E-state index >= 15 is 0 Å². The van der Waals surface area contributed by atoms with Crippen molar-refractivity contribution in [2.45, 2.75) is 24.9 Å². The lowest BCUT2D eigenvalue weighted by atomic mass is 10.1. The maximum Gasteiger partial charge on any atom is 0.307 e. The summed E-state index contributed by atoms with van der Waals surface area (Å²) in [4.78, 5) is 12.0. The monoisotopic (exact) mass is 511 g/mol. The minimum atomic E-state index is -3.85. The van der Waals surface area contributed by atoms with Crippen molar-refractivity contribution in [3.05, 3.63) is 112 Å². The van der Waals surface area contributed by atoms with Gasteiger partial charge in [-0.05, 0) is 61.0 Å². The van der Waals surface area contributed by atoms with E-state index in [9.17, 15) is 13.2 Å². The van der Waals surface area contributed by atoms with Crippen LogP contribution in [0.4, 0.5) is 0 Å². The zero-order valence-electron chi connectivity index (χ0n) is 18.7. The average molecular weight is 512 g/mol. The molecule has 0 radical (unpaired) electrons. The Bertz CT molecular complexity index is 1410. The van der Waals surface area contributed by atoms with Crippen molar-refractivity contribution in [2.75, 3.05) is 0 Å². The number of aryl methyl sites for hydroxylation is 1. The van der Waals surface area contributed by atoms with Crippen LogP contribution < -0.4 is 5.43 Å². The van der Waals surface area contributed by atoms with E-state index in [-0.39, 0.29) is 23.7 Å². The van der Waals surface area contributed by atoms with Crippen LogP contribution in [0.25, 0.3) is 0 Å². The van der Waals surface area contributed by atoms with Crippen molar-refractivity contribution in [2.24, 2.45) is 5.10 Å². The van der Waals surface area contributed by atoms with Gasteiger partial charge >= 0.3 is 5.91 Å². The van der Waals surface area contributed by atoms with E-state index in [0.717, 1.165) is 11.1 Å². The molecule has 8 nitrogen and oxygen atoms in total. The van der Waals surface area contributed by atoms with Crippen LogP contribution in [-0.4, -0.2) is 24.8 Å². The van der Waals surface area contributed by atoms with Gasteiger partial charge < -0.3 is 8.83 Å². The normalized spacial score (nSPS) is 11.9. The summed E-state index contributed by atoms with van der Waals surface area (Å²) in [7, 11) is -3.85. The van der Waals surface area contributed by atoms with E-state index in [2.05, 4.69) is 10.5 Å². The first-order chi connectivity index (χ1) is 16.8.